The Morgan fingerprint density at radius 2 is 1.34 bits per heavy atom. The number of hydrogen-bond acceptors (Lipinski definition) is 5. The maximum Gasteiger partial charge on any atom is 0.132 e. The number of methoxy groups -OCH3 is 1. The lowest BCUT2D eigenvalue weighted by Crippen LogP contribution is -2.09. The molecule has 0 bridgehead atoms. The first kappa shape index (κ1) is 24.3. The molecule has 6 heteroatoms. The molecule has 0 spiro atoms. The lowest BCUT2D eigenvalue weighted by molar-refractivity contribution is 0.415. The van der Waals surface area contributed by atoms with Crippen LogP contribution in [0.4, 0.5) is 0 Å². The van der Waals surface area contributed by atoms with Gasteiger partial charge in [-0.2, -0.15) is 0 Å². The van der Waals surface area contributed by atoms with Crippen molar-refractivity contribution in [2.24, 2.45) is 0 Å². The molecule has 2 aromatic carbocycles. The van der Waals surface area contributed by atoms with E-state index >= 15 is 0 Å². The van der Waals surface area contributed by atoms with Crippen LogP contribution in [0.25, 0.3) is 32.0 Å². The summed E-state index contributed by atoms with van der Waals surface area (Å²) < 4.78 is 19.3. The molecule has 5 rings (SSSR count). The number of ether oxygens (including phenoxy) is 1. The van der Waals surface area contributed by atoms with Crippen molar-refractivity contribution in [3.8, 4) is 37.8 Å². The summed E-state index contributed by atoms with van der Waals surface area (Å²) >= 11 is 5.46. The normalized spacial score (nSPS) is 12.1. The van der Waals surface area contributed by atoms with E-state index < -0.39 is 7.80 Å². The van der Waals surface area contributed by atoms with E-state index in [1.807, 2.05) is 71.2 Å². The predicted molar refractivity (Wildman–Crippen MR) is 157 cm³/mol. The Morgan fingerprint density at radius 1 is 0.686 bits per heavy atom. The van der Waals surface area contributed by atoms with E-state index in [1.54, 1.807) is 18.4 Å². The first-order valence-electron chi connectivity index (χ1n) is 11.4. The topological polar surface area (TPSA) is 26.3 Å². The molecule has 0 amide bonds. The molecule has 0 N–H and O–H groups in total. The fourth-order valence-electron chi connectivity index (χ4n) is 4.48. The smallest absolute Gasteiger partial charge is 0.132 e. The molecule has 178 valence electrons. The predicted octanol–water partition coefficient (Wildman–Crippen LogP) is 8.62. The van der Waals surface area contributed by atoms with Gasteiger partial charge in [-0.3, -0.25) is 0 Å². The summed E-state index contributed by atoms with van der Waals surface area (Å²) in [4.78, 5) is 7.66. The number of hydrogen-bond donors (Lipinski definition) is 0. The van der Waals surface area contributed by atoms with Crippen LogP contribution in [0.5, 0.6) is 5.75 Å². The molecule has 3 heterocycles. The van der Waals surface area contributed by atoms with E-state index in [0.29, 0.717) is 0 Å². The largest absolute Gasteiger partial charge is 0.497 e. The molecule has 3 aromatic heterocycles. The molecule has 0 aliphatic heterocycles. The van der Waals surface area contributed by atoms with Crippen molar-refractivity contribution in [2.75, 3.05) is 7.11 Å². The minimum absolute atomic E-state index is 0.772. The van der Waals surface area contributed by atoms with Gasteiger partial charge in [0.05, 0.1) is 7.11 Å². The highest BCUT2D eigenvalue weighted by Gasteiger charge is 2.22. The molecule has 0 radical (unpaired) electrons. The van der Waals surface area contributed by atoms with Crippen LogP contribution < -0.4 is 15.3 Å². The summed E-state index contributed by atoms with van der Waals surface area (Å²) in [7, 11) is -0.500. The highest BCUT2D eigenvalue weighted by molar-refractivity contribution is 7.61. The summed E-state index contributed by atoms with van der Waals surface area (Å²) in [6.45, 7) is 8.74. The number of rotatable bonds is 6. The van der Waals surface area contributed by atoms with Crippen molar-refractivity contribution in [2.45, 2.75) is 27.7 Å². The molecule has 1 atom stereocenters. The zero-order valence-corrected chi connectivity index (χ0v) is 23.8. The summed E-state index contributed by atoms with van der Waals surface area (Å²) in [6, 6.07) is 22.6. The summed E-state index contributed by atoms with van der Waals surface area (Å²) in [5.74, 6) is 0.772. The number of aryl methyl sites for hydroxylation is 4. The zero-order valence-electron chi connectivity index (χ0n) is 20.4. The lowest BCUT2D eigenvalue weighted by atomic mass is 10.0. The summed E-state index contributed by atoms with van der Waals surface area (Å²) in [5.41, 5.74) is 4.82. The van der Waals surface area contributed by atoms with E-state index in [4.69, 9.17) is 4.74 Å². The van der Waals surface area contributed by atoms with Gasteiger partial charge in [0.2, 0.25) is 0 Å². The van der Waals surface area contributed by atoms with Crippen molar-refractivity contribution in [3.05, 3.63) is 86.2 Å². The van der Waals surface area contributed by atoms with Gasteiger partial charge in [0.1, 0.15) is 13.6 Å². The first-order chi connectivity index (χ1) is 16.9. The van der Waals surface area contributed by atoms with Crippen molar-refractivity contribution >= 4 is 52.4 Å². The second kappa shape index (κ2) is 9.91. The highest BCUT2D eigenvalue weighted by Crippen LogP contribution is 2.48. The van der Waals surface area contributed by atoms with Crippen LogP contribution in [0, 0.1) is 27.7 Å². The summed E-state index contributed by atoms with van der Waals surface area (Å²) in [6.07, 6.45) is 0. The molecular formula is C29H27O2PS3. The Bertz CT molecular complexity index is 1480. The molecule has 0 saturated carbocycles. The van der Waals surface area contributed by atoms with E-state index in [9.17, 15) is 4.57 Å². The average molecular weight is 535 g/mol. The van der Waals surface area contributed by atoms with Crippen LogP contribution >= 0.6 is 41.8 Å². The van der Waals surface area contributed by atoms with Crippen molar-refractivity contribution in [1.82, 2.24) is 0 Å². The second-order valence-electron chi connectivity index (χ2n) is 8.61. The number of thiophene rings is 3. The fraction of sp³-hybridized carbons (Fsp3) is 0.172. The summed E-state index contributed by atoms with van der Waals surface area (Å²) in [5, 5.41) is 1.74. The van der Waals surface area contributed by atoms with Crippen molar-refractivity contribution in [1.29, 1.82) is 0 Å². The number of benzene rings is 2. The average Bonchev–Trinajstić information content (AvgIpc) is 3.54. The van der Waals surface area contributed by atoms with Gasteiger partial charge in [0.25, 0.3) is 0 Å². The maximum absolute atomic E-state index is 13.7. The standard InChI is InChI=1S/C29H27O2PS3/c1-17-13-23(19(3)33-17)25-16-28(35-29(25)24-14-18(2)34-20(24)4)26-15-21(31-5)11-12-27(26)32(30)22-9-7-6-8-10-22/h6-16,32H,1-5H3. The SMILES string of the molecule is COc1ccc([PH](=O)c2ccccc2)c(-c2cc(-c3cc(C)sc3C)c(-c3cc(C)sc3C)s2)c1. The van der Waals surface area contributed by atoms with Crippen LogP contribution in [0.1, 0.15) is 19.5 Å². The van der Waals surface area contributed by atoms with E-state index in [2.05, 4.69) is 45.9 Å². The van der Waals surface area contributed by atoms with Crippen LogP contribution in [0.15, 0.2) is 66.7 Å². The molecule has 35 heavy (non-hydrogen) atoms. The lowest BCUT2D eigenvalue weighted by Gasteiger charge is -2.11. The van der Waals surface area contributed by atoms with Gasteiger partial charge in [-0.1, -0.05) is 30.3 Å². The minimum atomic E-state index is -2.18. The zero-order chi connectivity index (χ0) is 24.7. The Morgan fingerprint density at radius 3 is 1.94 bits per heavy atom. The van der Waals surface area contributed by atoms with Crippen LogP contribution in [-0.4, -0.2) is 7.11 Å². The van der Waals surface area contributed by atoms with E-state index in [-0.39, 0.29) is 0 Å². The molecule has 0 aliphatic rings. The third-order valence-electron chi connectivity index (χ3n) is 6.12. The fourth-order valence-corrected chi connectivity index (χ4v) is 9.27. The van der Waals surface area contributed by atoms with E-state index in [0.717, 1.165) is 26.8 Å². The van der Waals surface area contributed by atoms with Crippen LogP contribution in [0.2, 0.25) is 0 Å². The van der Waals surface area contributed by atoms with Crippen molar-refractivity contribution < 1.29 is 9.30 Å². The molecule has 0 saturated heterocycles. The van der Waals surface area contributed by atoms with Gasteiger partial charge in [0, 0.05) is 56.6 Å². The van der Waals surface area contributed by atoms with Crippen molar-refractivity contribution in [3.63, 3.8) is 0 Å². The van der Waals surface area contributed by atoms with Crippen LogP contribution in [-0.2, 0) is 4.57 Å². The molecule has 1 unspecified atom stereocenters. The van der Waals surface area contributed by atoms with Gasteiger partial charge in [-0.05, 0) is 69.7 Å². The first-order valence-corrected chi connectivity index (χ1v) is 15.3. The van der Waals surface area contributed by atoms with Gasteiger partial charge in [0.15, 0.2) is 0 Å². The molecular weight excluding hydrogens is 507 g/mol. The third-order valence-corrected chi connectivity index (χ3v) is 11.0. The maximum atomic E-state index is 13.7. The van der Waals surface area contributed by atoms with Crippen LogP contribution in [0.3, 0.4) is 0 Å². The second-order valence-corrected chi connectivity index (χ2v) is 14.4. The Balaban J connectivity index is 1.75. The monoisotopic (exact) mass is 534 g/mol. The Labute approximate surface area is 219 Å². The minimum Gasteiger partial charge on any atom is -0.497 e. The van der Waals surface area contributed by atoms with Gasteiger partial charge < -0.3 is 9.30 Å². The Hall–Kier alpha value is -2.43. The quantitative estimate of drug-likeness (QED) is 0.204. The third kappa shape index (κ3) is 4.71. The van der Waals surface area contributed by atoms with Gasteiger partial charge >= 0.3 is 0 Å². The van der Waals surface area contributed by atoms with Gasteiger partial charge in [-0.25, -0.2) is 0 Å². The molecule has 0 aliphatic carbocycles. The highest BCUT2D eigenvalue weighted by atomic mass is 32.1. The molecule has 2 nitrogen and oxygen atoms in total. The Kier molecular flexibility index (Phi) is 6.87. The van der Waals surface area contributed by atoms with E-state index in [1.165, 1.54) is 41.1 Å². The van der Waals surface area contributed by atoms with Gasteiger partial charge in [-0.15, -0.1) is 34.0 Å². The molecule has 5 aromatic rings. The molecule has 0 fully saturated rings.